The number of nitrogens with two attached hydrogens (primary N) is 1. The molecule has 2 heterocycles. The van der Waals surface area contributed by atoms with Crippen molar-refractivity contribution in [1.29, 1.82) is 0 Å². The molecule has 0 saturated carbocycles. The van der Waals surface area contributed by atoms with Gasteiger partial charge in [-0.1, -0.05) is 11.2 Å². The highest BCUT2D eigenvalue weighted by atomic mass is 16.5. The van der Waals surface area contributed by atoms with E-state index in [0.29, 0.717) is 5.88 Å². The molecule has 0 fully saturated rings. The van der Waals surface area contributed by atoms with Crippen LogP contribution >= 0.6 is 0 Å². The monoisotopic (exact) mass is 216 g/mol. The van der Waals surface area contributed by atoms with E-state index in [1.54, 1.807) is 6.20 Å². The molecule has 0 aliphatic carbocycles. The van der Waals surface area contributed by atoms with Gasteiger partial charge in [-0.15, -0.1) is 0 Å². The van der Waals surface area contributed by atoms with Crippen molar-refractivity contribution in [2.45, 2.75) is 13.3 Å². The lowest BCUT2D eigenvalue weighted by Crippen LogP contribution is -1.92. The van der Waals surface area contributed by atoms with Gasteiger partial charge in [-0.2, -0.15) is 0 Å². The van der Waals surface area contributed by atoms with E-state index in [9.17, 15) is 0 Å². The van der Waals surface area contributed by atoms with Gasteiger partial charge in [-0.25, -0.2) is 0 Å². The van der Waals surface area contributed by atoms with Crippen LogP contribution in [0.4, 0.5) is 5.88 Å². The molecule has 0 bridgehead atoms. The molecule has 4 nitrogen and oxygen atoms in total. The summed E-state index contributed by atoms with van der Waals surface area (Å²) in [4.78, 5) is 0. The minimum atomic E-state index is 0.364. The van der Waals surface area contributed by atoms with Gasteiger partial charge in [0, 0.05) is 12.0 Å². The molecule has 82 valence electrons. The Morgan fingerprint density at radius 1 is 1.38 bits per heavy atom. The van der Waals surface area contributed by atoms with Crippen LogP contribution in [-0.4, -0.2) is 11.8 Å². The van der Waals surface area contributed by atoms with E-state index in [0.717, 1.165) is 29.9 Å². The first kappa shape index (κ1) is 9.27. The quantitative estimate of drug-likeness (QED) is 0.793. The Kier molecular flexibility index (Phi) is 1.89. The Hall–Kier alpha value is -1.97. The predicted molar refractivity (Wildman–Crippen MR) is 60.3 cm³/mol. The number of nitrogen functional groups attached to an aromatic ring is 1. The number of aryl methyl sites for hydroxylation is 1. The van der Waals surface area contributed by atoms with Crippen LogP contribution in [-0.2, 0) is 6.42 Å². The highest BCUT2D eigenvalue weighted by Crippen LogP contribution is 2.39. The van der Waals surface area contributed by atoms with Gasteiger partial charge >= 0.3 is 0 Å². The van der Waals surface area contributed by atoms with Gasteiger partial charge in [0.2, 0.25) is 5.88 Å². The Labute approximate surface area is 93.0 Å². The number of aromatic nitrogens is 1. The van der Waals surface area contributed by atoms with Crippen LogP contribution in [0.3, 0.4) is 0 Å². The van der Waals surface area contributed by atoms with Crippen LogP contribution in [0.2, 0.25) is 0 Å². The van der Waals surface area contributed by atoms with Crippen LogP contribution in [0.15, 0.2) is 22.9 Å². The lowest BCUT2D eigenvalue weighted by atomic mass is 9.95. The van der Waals surface area contributed by atoms with Crippen LogP contribution in [0.1, 0.15) is 11.1 Å². The number of nitrogens with zero attached hydrogens (tertiary/aromatic N) is 1. The zero-order valence-corrected chi connectivity index (χ0v) is 8.99. The number of hydrogen-bond acceptors (Lipinski definition) is 4. The molecule has 16 heavy (non-hydrogen) atoms. The fourth-order valence-corrected chi connectivity index (χ4v) is 2.20. The Morgan fingerprint density at radius 3 is 3.00 bits per heavy atom. The molecule has 2 aromatic rings. The van der Waals surface area contributed by atoms with Crippen LogP contribution in [0, 0.1) is 6.92 Å². The van der Waals surface area contributed by atoms with E-state index in [1.165, 1.54) is 11.1 Å². The number of fused-ring (bicyclic) bond motifs is 1. The Bertz CT molecular complexity index is 546. The second-order valence-electron chi connectivity index (χ2n) is 3.94. The fraction of sp³-hybridized carbons (Fsp3) is 0.250. The topological polar surface area (TPSA) is 61.3 Å². The van der Waals surface area contributed by atoms with E-state index >= 15 is 0 Å². The van der Waals surface area contributed by atoms with Gasteiger partial charge in [-0.05, 0) is 24.1 Å². The predicted octanol–water partition coefficient (Wildman–Crippen LogP) is 2.17. The van der Waals surface area contributed by atoms with Crippen molar-refractivity contribution < 1.29 is 9.26 Å². The first-order valence-electron chi connectivity index (χ1n) is 5.23. The van der Waals surface area contributed by atoms with Gasteiger partial charge < -0.3 is 15.0 Å². The van der Waals surface area contributed by atoms with Gasteiger partial charge in [0.1, 0.15) is 5.75 Å². The number of anilines is 1. The zero-order valence-electron chi connectivity index (χ0n) is 8.99. The molecule has 4 heteroatoms. The molecule has 1 aliphatic rings. The van der Waals surface area contributed by atoms with Crippen LogP contribution < -0.4 is 10.5 Å². The van der Waals surface area contributed by atoms with E-state index in [4.69, 9.17) is 15.0 Å². The Balaban J connectivity index is 2.28. The summed E-state index contributed by atoms with van der Waals surface area (Å²) in [6, 6.07) is 4.04. The van der Waals surface area contributed by atoms with Gasteiger partial charge in [0.05, 0.1) is 18.4 Å². The molecule has 0 unspecified atom stereocenters. The third kappa shape index (κ3) is 1.19. The third-order valence-electron chi connectivity index (χ3n) is 2.96. The van der Waals surface area contributed by atoms with Gasteiger partial charge in [-0.3, -0.25) is 0 Å². The maximum Gasteiger partial charge on any atom is 0.229 e. The van der Waals surface area contributed by atoms with E-state index in [2.05, 4.69) is 12.1 Å². The Morgan fingerprint density at radius 2 is 2.25 bits per heavy atom. The molecule has 1 aliphatic heterocycles. The van der Waals surface area contributed by atoms with Gasteiger partial charge in [0.25, 0.3) is 0 Å². The zero-order chi connectivity index (χ0) is 11.1. The first-order valence-corrected chi connectivity index (χ1v) is 5.23. The molecule has 2 N–H and O–H groups in total. The summed E-state index contributed by atoms with van der Waals surface area (Å²) in [5.74, 6) is 1.31. The first-order chi connectivity index (χ1) is 7.77. The van der Waals surface area contributed by atoms with Crippen molar-refractivity contribution in [3.05, 3.63) is 29.5 Å². The average Bonchev–Trinajstić information content (AvgIpc) is 2.87. The van der Waals surface area contributed by atoms with Crippen molar-refractivity contribution in [2.75, 3.05) is 12.3 Å². The molecule has 0 atom stereocenters. The summed E-state index contributed by atoms with van der Waals surface area (Å²) in [6.07, 6.45) is 2.58. The summed E-state index contributed by atoms with van der Waals surface area (Å²) in [7, 11) is 0. The fourth-order valence-electron chi connectivity index (χ4n) is 2.20. The molecule has 0 spiro atoms. The SMILES string of the molecule is Cc1ccc2c(c1-c1cnoc1N)CCO2. The summed E-state index contributed by atoms with van der Waals surface area (Å²) >= 11 is 0. The van der Waals surface area contributed by atoms with Crippen molar-refractivity contribution >= 4 is 5.88 Å². The standard InChI is InChI=1S/C12H12N2O2/c1-7-2-3-10-8(4-5-15-10)11(7)9-6-14-16-12(9)13/h2-3,6H,4-5,13H2,1H3. The normalized spacial score (nSPS) is 13.6. The van der Waals surface area contributed by atoms with Crippen molar-refractivity contribution in [3.8, 4) is 16.9 Å². The molecule has 3 rings (SSSR count). The molecule has 0 radical (unpaired) electrons. The highest BCUT2D eigenvalue weighted by molar-refractivity contribution is 5.79. The summed E-state index contributed by atoms with van der Waals surface area (Å²) in [5, 5.41) is 3.72. The number of hydrogen-bond donors (Lipinski definition) is 1. The number of rotatable bonds is 1. The van der Waals surface area contributed by atoms with Gasteiger partial charge in [0.15, 0.2) is 0 Å². The molecule has 0 amide bonds. The number of benzene rings is 1. The second kappa shape index (κ2) is 3.27. The minimum absolute atomic E-state index is 0.364. The van der Waals surface area contributed by atoms with E-state index in [-0.39, 0.29) is 0 Å². The van der Waals surface area contributed by atoms with Crippen LogP contribution in [0.25, 0.3) is 11.1 Å². The minimum Gasteiger partial charge on any atom is -0.493 e. The van der Waals surface area contributed by atoms with Crippen molar-refractivity contribution in [1.82, 2.24) is 5.16 Å². The van der Waals surface area contributed by atoms with Crippen molar-refractivity contribution in [3.63, 3.8) is 0 Å². The van der Waals surface area contributed by atoms with E-state index in [1.807, 2.05) is 12.1 Å². The lowest BCUT2D eigenvalue weighted by molar-refractivity contribution is 0.357. The van der Waals surface area contributed by atoms with Crippen LogP contribution in [0.5, 0.6) is 5.75 Å². The maximum absolute atomic E-state index is 5.77. The van der Waals surface area contributed by atoms with Crippen molar-refractivity contribution in [2.24, 2.45) is 0 Å². The maximum atomic E-state index is 5.77. The lowest BCUT2D eigenvalue weighted by Gasteiger charge is -2.08. The smallest absolute Gasteiger partial charge is 0.229 e. The molecule has 0 saturated heterocycles. The average molecular weight is 216 g/mol. The third-order valence-corrected chi connectivity index (χ3v) is 2.96. The highest BCUT2D eigenvalue weighted by Gasteiger charge is 2.21. The number of ether oxygens (including phenoxy) is 1. The second-order valence-corrected chi connectivity index (χ2v) is 3.94. The summed E-state index contributed by atoms with van der Waals surface area (Å²) in [6.45, 7) is 2.79. The molecular weight excluding hydrogens is 204 g/mol. The largest absolute Gasteiger partial charge is 0.493 e. The summed E-state index contributed by atoms with van der Waals surface area (Å²) in [5.41, 5.74) is 10.1. The molecular formula is C12H12N2O2. The molecule has 1 aromatic carbocycles. The molecule has 1 aromatic heterocycles. The summed E-state index contributed by atoms with van der Waals surface area (Å²) < 4.78 is 10.5. The van der Waals surface area contributed by atoms with E-state index < -0.39 is 0 Å².